The van der Waals surface area contributed by atoms with E-state index in [2.05, 4.69) is 4.98 Å². The van der Waals surface area contributed by atoms with Crippen molar-refractivity contribution in [3.8, 4) is 11.3 Å². The number of nitro groups is 1. The first kappa shape index (κ1) is 13.4. The molecule has 0 amide bonds. The zero-order chi connectivity index (χ0) is 15.1. The Labute approximate surface area is 123 Å². The Hall–Kier alpha value is -2.54. The van der Waals surface area contributed by atoms with Gasteiger partial charge in [0.25, 0.3) is 0 Å². The van der Waals surface area contributed by atoms with E-state index in [1.54, 1.807) is 14.0 Å². The molecular formula is C14H11N3O3S. The summed E-state index contributed by atoms with van der Waals surface area (Å²) < 4.78 is 1.35. The Morgan fingerprint density at radius 1 is 1.29 bits per heavy atom. The van der Waals surface area contributed by atoms with Crippen molar-refractivity contribution >= 4 is 26.6 Å². The van der Waals surface area contributed by atoms with Crippen molar-refractivity contribution in [1.29, 1.82) is 0 Å². The highest BCUT2D eigenvalue weighted by molar-refractivity contribution is 7.22. The van der Waals surface area contributed by atoms with Crippen molar-refractivity contribution < 1.29 is 4.92 Å². The van der Waals surface area contributed by atoms with Crippen molar-refractivity contribution in [2.24, 2.45) is 7.05 Å². The van der Waals surface area contributed by atoms with Gasteiger partial charge < -0.3 is 0 Å². The number of nitrogens with zero attached hydrogens (tertiary/aromatic N) is 3. The fourth-order valence-electron chi connectivity index (χ4n) is 2.29. The number of aromatic nitrogens is 2. The lowest BCUT2D eigenvalue weighted by atomic mass is 10.1. The van der Waals surface area contributed by atoms with Crippen LogP contribution in [0.15, 0.2) is 35.1 Å². The van der Waals surface area contributed by atoms with E-state index >= 15 is 0 Å². The summed E-state index contributed by atoms with van der Waals surface area (Å²) in [7, 11) is 1.58. The summed E-state index contributed by atoms with van der Waals surface area (Å²) in [6.07, 6.45) is 0. The summed E-state index contributed by atoms with van der Waals surface area (Å²) in [5.41, 5.74) is 1.39. The zero-order valence-corrected chi connectivity index (χ0v) is 12.2. The number of fused-ring (bicyclic) bond motifs is 1. The van der Waals surface area contributed by atoms with Crippen LogP contribution in [0.3, 0.4) is 0 Å². The highest BCUT2D eigenvalue weighted by Gasteiger charge is 2.23. The van der Waals surface area contributed by atoms with Crippen LogP contribution in [0.25, 0.3) is 21.5 Å². The lowest BCUT2D eigenvalue weighted by Crippen LogP contribution is -2.20. The molecule has 0 aliphatic heterocycles. The first-order valence-corrected chi connectivity index (χ1v) is 7.02. The van der Waals surface area contributed by atoms with Gasteiger partial charge in [0.15, 0.2) is 0 Å². The van der Waals surface area contributed by atoms with Crippen LogP contribution in [0, 0.1) is 17.0 Å². The minimum absolute atomic E-state index is 0.0465. The van der Waals surface area contributed by atoms with Gasteiger partial charge in [-0.05, 0) is 18.3 Å². The molecule has 3 rings (SSSR count). The van der Waals surface area contributed by atoms with Crippen LogP contribution in [0.2, 0.25) is 0 Å². The molecule has 2 aromatic heterocycles. The molecule has 106 valence electrons. The van der Waals surface area contributed by atoms with Crippen LogP contribution in [0.4, 0.5) is 5.00 Å². The van der Waals surface area contributed by atoms with E-state index in [0.29, 0.717) is 21.5 Å². The van der Waals surface area contributed by atoms with Crippen molar-refractivity contribution in [2.45, 2.75) is 6.92 Å². The van der Waals surface area contributed by atoms with Gasteiger partial charge in [-0.2, -0.15) is 4.98 Å². The minimum Gasteiger partial charge on any atom is -0.286 e. The predicted octanol–water partition coefficient (Wildman–Crippen LogP) is 2.88. The molecule has 3 aromatic rings. The average Bonchev–Trinajstić information content (AvgIpc) is 2.82. The second-order valence-corrected chi connectivity index (χ2v) is 5.62. The van der Waals surface area contributed by atoms with Gasteiger partial charge in [-0.3, -0.25) is 14.7 Å². The van der Waals surface area contributed by atoms with Crippen molar-refractivity contribution in [3.05, 3.63) is 56.5 Å². The van der Waals surface area contributed by atoms with Gasteiger partial charge in [-0.1, -0.05) is 30.3 Å². The molecule has 0 atom stereocenters. The second kappa shape index (κ2) is 4.78. The van der Waals surface area contributed by atoms with E-state index < -0.39 is 10.6 Å². The molecule has 1 aromatic carbocycles. The average molecular weight is 301 g/mol. The van der Waals surface area contributed by atoms with E-state index in [0.717, 1.165) is 16.9 Å². The Balaban J connectivity index is 2.49. The number of rotatable bonds is 2. The maximum absolute atomic E-state index is 12.0. The summed E-state index contributed by atoms with van der Waals surface area (Å²) in [4.78, 5) is 27.4. The molecule has 21 heavy (non-hydrogen) atoms. The van der Waals surface area contributed by atoms with Gasteiger partial charge in [-0.15, -0.1) is 0 Å². The molecule has 0 N–H and O–H groups in total. The molecule has 0 fully saturated rings. The highest BCUT2D eigenvalue weighted by Crippen LogP contribution is 2.39. The van der Waals surface area contributed by atoms with E-state index in [9.17, 15) is 14.9 Å². The van der Waals surface area contributed by atoms with E-state index in [4.69, 9.17) is 0 Å². The van der Waals surface area contributed by atoms with E-state index in [-0.39, 0.29) is 5.00 Å². The van der Waals surface area contributed by atoms with Crippen molar-refractivity contribution in [3.63, 3.8) is 0 Å². The monoisotopic (exact) mass is 301 g/mol. The molecular weight excluding hydrogens is 290 g/mol. The summed E-state index contributed by atoms with van der Waals surface area (Å²) in [6.45, 7) is 1.69. The lowest BCUT2D eigenvalue weighted by molar-refractivity contribution is -0.380. The van der Waals surface area contributed by atoms with Crippen LogP contribution in [0.5, 0.6) is 0 Å². The molecule has 0 bridgehead atoms. The normalized spacial score (nSPS) is 11.0. The number of aryl methyl sites for hydroxylation is 2. The number of hydrogen-bond acceptors (Lipinski definition) is 5. The summed E-state index contributed by atoms with van der Waals surface area (Å²) in [5.74, 6) is 0. The number of thiophene rings is 1. The third-order valence-corrected chi connectivity index (χ3v) is 4.67. The van der Waals surface area contributed by atoms with Gasteiger partial charge in [0, 0.05) is 18.0 Å². The van der Waals surface area contributed by atoms with E-state index in [1.807, 2.05) is 30.3 Å². The second-order valence-electron chi connectivity index (χ2n) is 4.64. The van der Waals surface area contributed by atoms with Gasteiger partial charge >= 0.3 is 10.7 Å². The quantitative estimate of drug-likeness (QED) is 0.538. The topological polar surface area (TPSA) is 78.0 Å². The van der Waals surface area contributed by atoms with Crippen LogP contribution < -0.4 is 5.69 Å². The van der Waals surface area contributed by atoms with Crippen molar-refractivity contribution in [2.75, 3.05) is 0 Å². The molecule has 0 saturated heterocycles. The summed E-state index contributed by atoms with van der Waals surface area (Å²) >= 11 is 1.01. The maximum Gasteiger partial charge on any atom is 0.348 e. The van der Waals surface area contributed by atoms with Gasteiger partial charge in [0.05, 0.1) is 16.2 Å². The Kier molecular flexibility index (Phi) is 3.06. The van der Waals surface area contributed by atoms with Crippen LogP contribution in [-0.4, -0.2) is 14.5 Å². The zero-order valence-electron chi connectivity index (χ0n) is 11.4. The highest BCUT2D eigenvalue weighted by atomic mass is 32.1. The molecule has 0 aliphatic carbocycles. The standard InChI is InChI=1S/C14H11N3O3S/c1-8-10-11(9-6-4-3-5-7-9)15-14(18)16(2)13(10)21-12(8)17(19)20/h3-7H,1-2H3. The number of benzene rings is 1. The smallest absolute Gasteiger partial charge is 0.286 e. The summed E-state index contributed by atoms with van der Waals surface area (Å²) in [5, 5.41) is 11.9. The first-order chi connectivity index (χ1) is 10.0. The Morgan fingerprint density at radius 3 is 2.57 bits per heavy atom. The lowest BCUT2D eigenvalue weighted by Gasteiger charge is -2.05. The van der Waals surface area contributed by atoms with Crippen LogP contribution in [0.1, 0.15) is 5.56 Å². The first-order valence-electron chi connectivity index (χ1n) is 6.20. The number of hydrogen-bond donors (Lipinski definition) is 0. The molecule has 7 heteroatoms. The molecule has 0 aliphatic rings. The van der Waals surface area contributed by atoms with Crippen LogP contribution >= 0.6 is 11.3 Å². The minimum atomic E-state index is -0.419. The van der Waals surface area contributed by atoms with Gasteiger partial charge in [-0.25, -0.2) is 4.79 Å². The van der Waals surface area contributed by atoms with Crippen LogP contribution in [-0.2, 0) is 7.05 Å². The fraction of sp³-hybridized carbons (Fsp3) is 0.143. The molecule has 0 unspecified atom stereocenters. The third-order valence-electron chi connectivity index (χ3n) is 3.35. The van der Waals surface area contributed by atoms with Gasteiger partial charge in [0.2, 0.25) is 0 Å². The molecule has 0 saturated carbocycles. The Bertz CT molecular complexity index is 913. The van der Waals surface area contributed by atoms with Crippen molar-refractivity contribution in [1.82, 2.24) is 9.55 Å². The third kappa shape index (κ3) is 2.02. The molecule has 2 heterocycles. The predicted molar refractivity (Wildman–Crippen MR) is 81.7 cm³/mol. The molecule has 0 radical (unpaired) electrons. The Morgan fingerprint density at radius 2 is 1.95 bits per heavy atom. The molecule has 0 spiro atoms. The maximum atomic E-state index is 12.0. The molecule has 6 nitrogen and oxygen atoms in total. The SMILES string of the molecule is Cc1c([N+](=O)[O-])sc2c1c(-c1ccccc1)nc(=O)n2C. The summed E-state index contributed by atoms with van der Waals surface area (Å²) in [6, 6.07) is 9.23. The van der Waals surface area contributed by atoms with Gasteiger partial charge in [0.1, 0.15) is 4.83 Å². The van der Waals surface area contributed by atoms with E-state index in [1.165, 1.54) is 4.57 Å². The largest absolute Gasteiger partial charge is 0.348 e. The fourth-order valence-corrected chi connectivity index (χ4v) is 3.37.